The van der Waals surface area contributed by atoms with Crippen molar-refractivity contribution in [2.45, 2.75) is 13.8 Å². The molecule has 0 atom stereocenters. The van der Waals surface area contributed by atoms with Gasteiger partial charge in [-0.15, -0.1) is 0 Å². The summed E-state index contributed by atoms with van der Waals surface area (Å²) in [4.78, 5) is 12.6. The number of oxime groups is 1. The van der Waals surface area contributed by atoms with Crippen LogP contribution in [0.1, 0.15) is 28.4 Å². The third-order valence-electron chi connectivity index (χ3n) is 2.95. The molecule has 21 heavy (non-hydrogen) atoms. The molecule has 0 unspecified atom stereocenters. The Balaban J connectivity index is 2.45. The summed E-state index contributed by atoms with van der Waals surface area (Å²) in [6, 6.07) is 11.9. The van der Waals surface area contributed by atoms with Gasteiger partial charge in [0.05, 0.1) is 5.56 Å². The van der Waals surface area contributed by atoms with Crippen molar-refractivity contribution >= 4 is 23.3 Å². The molecule has 0 saturated heterocycles. The molecule has 5 heteroatoms. The molecule has 0 radical (unpaired) electrons. The molecule has 108 valence electrons. The first-order valence-electron chi connectivity index (χ1n) is 6.29. The van der Waals surface area contributed by atoms with E-state index in [0.717, 1.165) is 5.56 Å². The normalized spacial score (nSPS) is 11.3. The summed E-state index contributed by atoms with van der Waals surface area (Å²) in [5.41, 5.74) is 1.69. The largest absolute Gasteiger partial charge is 0.439 e. The zero-order chi connectivity index (χ0) is 15.4. The van der Waals surface area contributed by atoms with E-state index in [-0.39, 0.29) is 11.7 Å². The van der Waals surface area contributed by atoms with Gasteiger partial charge in [-0.25, -0.2) is 0 Å². The first-order chi connectivity index (χ1) is 10.0. The molecule has 0 aliphatic heterocycles. The van der Waals surface area contributed by atoms with Crippen molar-refractivity contribution in [3.63, 3.8) is 0 Å². The number of carbonyl (C=O) groups excluding carboxylic acids is 1. The summed E-state index contributed by atoms with van der Waals surface area (Å²) in [7, 11) is 0. The minimum Gasteiger partial charge on any atom is -0.439 e. The minimum absolute atomic E-state index is 0.0643. The Morgan fingerprint density at radius 1 is 1.19 bits per heavy atom. The van der Waals surface area contributed by atoms with E-state index in [2.05, 4.69) is 5.16 Å². The maximum atomic E-state index is 12.6. The Bertz CT molecular complexity index is 693. The highest BCUT2D eigenvalue weighted by atomic mass is 35.5. The van der Waals surface area contributed by atoms with Crippen LogP contribution in [0.2, 0.25) is 5.02 Å². The van der Waals surface area contributed by atoms with Crippen LogP contribution >= 0.6 is 11.6 Å². The molecular weight excluding hydrogens is 290 g/mol. The molecule has 0 aliphatic rings. The number of rotatable bonds is 3. The highest BCUT2D eigenvalue weighted by molar-refractivity contribution is 6.30. The SMILES string of the molecule is CC(=NO)Oc1c(C)cccc1C(=O)c1ccc(Cl)cc1. The number of benzene rings is 2. The second-order valence-corrected chi connectivity index (χ2v) is 4.95. The Morgan fingerprint density at radius 2 is 1.86 bits per heavy atom. The number of hydrogen-bond donors (Lipinski definition) is 1. The van der Waals surface area contributed by atoms with Crippen molar-refractivity contribution in [2.75, 3.05) is 0 Å². The molecule has 0 fully saturated rings. The van der Waals surface area contributed by atoms with Gasteiger partial charge < -0.3 is 9.94 Å². The summed E-state index contributed by atoms with van der Waals surface area (Å²) in [5.74, 6) is 0.262. The lowest BCUT2D eigenvalue weighted by Gasteiger charge is -2.12. The molecule has 0 bridgehead atoms. The Kier molecular flexibility index (Phi) is 4.60. The summed E-state index contributed by atoms with van der Waals surface area (Å²) in [6.07, 6.45) is 0. The summed E-state index contributed by atoms with van der Waals surface area (Å²) in [6.45, 7) is 3.32. The highest BCUT2D eigenvalue weighted by Crippen LogP contribution is 2.26. The van der Waals surface area contributed by atoms with E-state index in [9.17, 15) is 4.79 Å². The maximum absolute atomic E-state index is 12.6. The topological polar surface area (TPSA) is 58.9 Å². The first-order valence-corrected chi connectivity index (χ1v) is 6.67. The van der Waals surface area contributed by atoms with Crippen molar-refractivity contribution < 1.29 is 14.7 Å². The molecule has 0 heterocycles. The Hall–Kier alpha value is -2.33. The molecule has 0 aliphatic carbocycles. The molecule has 4 nitrogen and oxygen atoms in total. The number of para-hydroxylation sites is 1. The zero-order valence-electron chi connectivity index (χ0n) is 11.6. The zero-order valence-corrected chi connectivity index (χ0v) is 12.4. The fraction of sp³-hybridized carbons (Fsp3) is 0.125. The predicted octanol–water partition coefficient (Wildman–Crippen LogP) is 4.07. The molecule has 0 amide bonds. The van der Waals surface area contributed by atoms with Crippen molar-refractivity contribution in [1.29, 1.82) is 0 Å². The van der Waals surface area contributed by atoms with E-state index in [1.54, 1.807) is 36.4 Å². The monoisotopic (exact) mass is 303 g/mol. The molecule has 2 aromatic carbocycles. The van der Waals surface area contributed by atoms with Gasteiger partial charge >= 0.3 is 0 Å². The van der Waals surface area contributed by atoms with Crippen molar-refractivity contribution in [2.24, 2.45) is 5.16 Å². The lowest BCUT2D eigenvalue weighted by atomic mass is 10.0. The van der Waals surface area contributed by atoms with Crippen LogP contribution in [-0.2, 0) is 0 Å². The number of ketones is 1. The number of carbonyl (C=O) groups is 1. The number of nitrogens with zero attached hydrogens (tertiary/aromatic N) is 1. The number of aryl methyl sites for hydroxylation is 1. The summed E-state index contributed by atoms with van der Waals surface area (Å²) < 4.78 is 5.44. The first kappa shape index (κ1) is 15.1. The van der Waals surface area contributed by atoms with Gasteiger partial charge in [0.2, 0.25) is 5.90 Å². The molecule has 0 saturated carbocycles. The van der Waals surface area contributed by atoms with Crippen molar-refractivity contribution in [3.05, 3.63) is 64.2 Å². The molecule has 2 aromatic rings. The van der Waals surface area contributed by atoms with Crippen LogP contribution in [-0.4, -0.2) is 16.9 Å². The van der Waals surface area contributed by atoms with E-state index in [0.29, 0.717) is 21.9 Å². The lowest BCUT2D eigenvalue weighted by molar-refractivity contribution is 0.103. The smallest absolute Gasteiger partial charge is 0.228 e. The third-order valence-corrected chi connectivity index (χ3v) is 3.21. The molecule has 0 aromatic heterocycles. The molecule has 0 spiro atoms. The lowest BCUT2D eigenvalue weighted by Crippen LogP contribution is -2.10. The molecule has 2 rings (SSSR count). The van der Waals surface area contributed by atoms with Crippen LogP contribution in [0.3, 0.4) is 0 Å². The van der Waals surface area contributed by atoms with Gasteiger partial charge in [0, 0.05) is 17.5 Å². The van der Waals surface area contributed by atoms with E-state index in [4.69, 9.17) is 21.5 Å². The Labute approximate surface area is 127 Å². The third kappa shape index (κ3) is 3.41. The number of halogens is 1. The van der Waals surface area contributed by atoms with Crippen LogP contribution in [0.25, 0.3) is 0 Å². The van der Waals surface area contributed by atoms with Gasteiger partial charge in [-0.1, -0.05) is 28.9 Å². The summed E-state index contributed by atoms with van der Waals surface area (Å²) >= 11 is 5.83. The average Bonchev–Trinajstić information content (AvgIpc) is 2.49. The number of hydrogen-bond acceptors (Lipinski definition) is 4. The molecular formula is C16H14ClNO3. The van der Waals surface area contributed by atoms with E-state index >= 15 is 0 Å². The van der Waals surface area contributed by atoms with Crippen LogP contribution in [0.5, 0.6) is 5.75 Å². The average molecular weight is 304 g/mol. The molecule has 1 N–H and O–H groups in total. The van der Waals surface area contributed by atoms with E-state index in [1.807, 2.05) is 13.0 Å². The number of ether oxygens (including phenoxy) is 1. The fourth-order valence-corrected chi connectivity index (χ4v) is 2.02. The Morgan fingerprint density at radius 3 is 2.48 bits per heavy atom. The van der Waals surface area contributed by atoms with Crippen molar-refractivity contribution in [1.82, 2.24) is 0 Å². The second kappa shape index (κ2) is 6.41. The van der Waals surface area contributed by atoms with Crippen LogP contribution in [0, 0.1) is 6.92 Å². The second-order valence-electron chi connectivity index (χ2n) is 4.51. The van der Waals surface area contributed by atoms with Gasteiger partial charge in [-0.05, 0) is 42.8 Å². The van der Waals surface area contributed by atoms with Crippen LogP contribution in [0.15, 0.2) is 47.6 Å². The quantitative estimate of drug-likeness (QED) is 0.306. The predicted molar refractivity (Wildman–Crippen MR) is 81.6 cm³/mol. The van der Waals surface area contributed by atoms with Crippen molar-refractivity contribution in [3.8, 4) is 5.75 Å². The van der Waals surface area contributed by atoms with E-state index < -0.39 is 0 Å². The fourth-order valence-electron chi connectivity index (χ4n) is 1.89. The van der Waals surface area contributed by atoms with Gasteiger partial charge in [-0.3, -0.25) is 4.79 Å². The van der Waals surface area contributed by atoms with Gasteiger partial charge in [-0.2, -0.15) is 0 Å². The standard InChI is InChI=1S/C16H14ClNO3/c1-10-4-3-5-14(16(10)21-11(2)18-20)15(19)12-6-8-13(17)9-7-12/h3-9,20H,1-2H3. The van der Waals surface area contributed by atoms with Crippen LogP contribution in [0.4, 0.5) is 0 Å². The maximum Gasteiger partial charge on any atom is 0.228 e. The van der Waals surface area contributed by atoms with Gasteiger partial charge in [0.1, 0.15) is 5.75 Å². The van der Waals surface area contributed by atoms with Gasteiger partial charge in [0.25, 0.3) is 0 Å². The summed E-state index contributed by atoms with van der Waals surface area (Å²) in [5, 5.41) is 12.3. The highest BCUT2D eigenvalue weighted by Gasteiger charge is 2.17. The van der Waals surface area contributed by atoms with Crippen LogP contribution < -0.4 is 4.74 Å². The van der Waals surface area contributed by atoms with Gasteiger partial charge in [0.15, 0.2) is 5.78 Å². The minimum atomic E-state index is -0.184. The van der Waals surface area contributed by atoms with E-state index in [1.165, 1.54) is 6.92 Å².